The van der Waals surface area contributed by atoms with E-state index >= 15 is 0 Å². The molecule has 0 fully saturated rings. The number of benzene rings is 2. The summed E-state index contributed by atoms with van der Waals surface area (Å²) in [5.41, 5.74) is 5.00. The Hall–Kier alpha value is -3.84. The summed E-state index contributed by atoms with van der Waals surface area (Å²) in [6.45, 7) is 6.76. The predicted molar refractivity (Wildman–Crippen MR) is 147 cm³/mol. The summed E-state index contributed by atoms with van der Waals surface area (Å²) in [6, 6.07) is 17.9. The zero-order valence-electron chi connectivity index (χ0n) is 21.1. The molecule has 0 aliphatic heterocycles. The number of carbonyl (C=O) groups excluding carboxylic acids is 1. The third kappa shape index (κ3) is 5.18. The molecule has 1 unspecified atom stereocenters. The number of nitrogens with zero attached hydrogens (tertiary/aromatic N) is 2. The number of esters is 1. The van der Waals surface area contributed by atoms with Crippen molar-refractivity contribution >= 4 is 45.5 Å². The molecule has 4 aromatic rings. The smallest absolute Gasteiger partial charge is 0.339 e. The Bertz CT molecular complexity index is 1500. The number of non-ortho nitro benzene ring substituents is 1. The Morgan fingerprint density at radius 2 is 1.86 bits per heavy atom. The lowest BCUT2D eigenvalue weighted by atomic mass is 9.69. The number of nitro groups is 1. The molecule has 5 rings (SSSR count). The first-order valence-corrected chi connectivity index (χ1v) is 13.1. The summed E-state index contributed by atoms with van der Waals surface area (Å²) in [5, 5.41) is 13.8. The molecule has 1 aliphatic rings. The van der Waals surface area contributed by atoms with E-state index in [1.807, 2.05) is 30.3 Å². The van der Waals surface area contributed by atoms with Crippen molar-refractivity contribution in [2.24, 2.45) is 11.3 Å². The molecule has 0 amide bonds. The molecule has 2 heterocycles. The quantitative estimate of drug-likeness (QED) is 0.155. The second-order valence-electron chi connectivity index (χ2n) is 10.5. The average Bonchev–Trinajstić information content (AvgIpc) is 3.38. The number of nitro benzene ring substituents is 1. The van der Waals surface area contributed by atoms with Gasteiger partial charge in [-0.05, 0) is 76.6 Å². The molecule has 1 aliphatic carbocycles. The fourth-order valence-corrected chi connectivity index (χ4v) is 5.53. The monoisotopic (exact) mass is 512 g/mol. The van der Waals surface area contributed by atoms with Gasteiger partial charge in [-0.2, -0.15) is 0 Å². The first kappa shape index (κ1) is 24.8. The van der Waals surface area contributed by atoms with Crippen molar-refractivity contribution in [3.05, 3.63) is 103 Å². The van der Waals surface area contributed by atoms with Crippen molar-refractivity contribution in [2.75, 3.05) is 0 Å². The number of aromatic nitrogens is 1. The van der Waals surface area contributed by atoms with Gasteiger partial charge in [0.05, 0.1) is 21.7 Å². The third-order valence-electron chi connectivity index (χ3n) is 7.02. The van der Waals surface area contributed by atoms with Gasteiger partial charge in [-0.25, -0.2) is 9.78 Å². The third-order valence-corrected chi connectivity index (χ3v) is 7.84. The molecule has 2 aromatic heterocycles. The highest BCUT2D eigenvalue weighted by molar-refractivity contribution is 7.10. The Balaban J connectivity index is 1.59. The standard InChI is InChI=1S/C30H28N2O4S/c1-30(2,3)21-15-20(16-23-7-6-14-37-23)28-25(17-21)27(24-8-4-5-9-26(24)31-28)29(33)36-18-19-10-12-22(13-11-19)32(34)35/h4-14,16,21H,15,17-18H2,1-3H3/b20-16+. The van der Waals surface area contributed by atoms with Crippen LogP contribution >= 0.6 is 11.3 Å². The van der Waals surface area contributed by atoms with E-state index < -0.39 is 10.9 Å². The minimum atomic E-state index is -0.446. The maximum absolute atomic E-state index is 13.7. The number of fused-ring (bicyclic) bond motifs is 2. The number of thiophene rings is 1. The zero-order chi connectivity index (χ0) is 26.2. The van der Waals surface area contributed by atoms with E-state index in [1.165, 1.54) is 12.1 Å². The van der Waals surface area contributed by atoms with Gasteiger partial charge in [0.1, 0.15) is 6.61 Å². The summed E-state index contributed by atoms with van der Waals surface area (Å²) in [4.78, 5) is 30.4. The molecule has 0 bridgehead atoms. The molecule has 7 heteroatoms. The number of para-hydroxylation sites is 1. The molecule has 0 spiro atoms. The van der Waals surface area contributed by atoms with Crippen LogP contribution in [0.1, 0.15) is 59.2 Å². The lowest BCUT2D eigenvalue weighted by molar-refractivity contribution is -0.384. The number of allylic oxidation sites excluding steroid dienone is 1. The molecule has 1 atom stereocenters. The van der Waals surface area contributed by atoms with E-state index in [9.17, 15) is 14.9 Å². The van der Waals surface area contributed by atoms with Gasteiger partial charge in [0, 0.05) is 22.4 Å². The van der Waals surface area contributed by atoms with E-state index in [0.717, 1.165) is 45.5 Å². The number of carbonyl (C=O) groups is 1. The van der Waals surface area contributed by atoms with Gasteiger partial charge in [-0.1, -0.05) is 45.0 Å². The van der Waals surface area contributed by atoms with Crippen LogP contribution in [0, 0.1) is 21.4 Å². The van der Waals surface area contributed by atoms with Gasteiger partial charge in [0.15, 0.2) is 0 Å². The van der Waals surface area contributed by atoms with E-state index in [0.29, 0.717) is 17.0 Å². The topological polar surface area (TPSA) is 82.3 Å². The Morgan fingerprint density at radius 3 is 2.54 bits per heavy atom. The highest BCUT2D eigenvalue weighted by Gasteiger charge is 2.35. The predicted octanol–water partition coefficient (Wildman–Crippen LogP) is 7.71. The van der Waals surface area contributed by atoms with Crippen LogP contribution in [0.5, 0.6) is 0 Å². The van der Waals surface area contributed by atoms with Crippen molar-refractivity contribution < 1.29 is 14.5 Å². The van der Waals surface area contributed by atoms with Crippen LogP contribution in [-0.4, -0.2) is 15.9 Å². The zero-order valence-corrected chi connectivity index (χ0v) is 21.9. The normalized spacial score (nSPS) is 16.5. The minimum absolute atomic E-state index is 0.00236. The Kier molecular flexibility index (Phi) is 6.65. The minimum Gasteiger partial charge on any atom is -0.457 e. The molecular formula is C30H28N2O4S. The summed E-state index contributed by atoms with van der Waals surface area (Å²) in [7, 11) is 0. The van der Waals surface area contributed by atoms with Crippen LogP contribution in [0.3, 0.4) is 0 Å². The van der Waals surface area contributed by atoms with Crippen molar-refractivity contribution in [3.63, 3.8) is 0 Å². The number of pyridine rings is 1. The average molecular weight is 513 g/mol. The van der Waals surface area contributed by atoms with E-state index in [2.05, 4.69) is 38.3 Å². The van der Waals surface area contributed by atoms with E-state index in [4.69, 9.17) is 9.72 Å². The molecule has 0 saturated carbocycles. The highest BCUT2D eigenvalue weighted by Crippen LogP contribution is 2.45. The van der Waals surface area contributed by atoms with Gasteiger partial charge in [-0.15, -0.1) is 11.3 Å². The maximum Gasteiger partial charge on any atom is 0.339 e. The summed E-state index contributed by atoms with van der Waals surface area (Å²) >= 11 is 1.68. The van der Waals surface area contributed by atoms with Crippen molar-refractivity contribution in [3.8, 4) is 0 Å². The Labute approximate surface area is 219 Å². The molecule has 37 heavy (non-hydrogen) atoms. The van der Waals surface area contributed by atoms with Crippen LogP contribution in [0.4, 0.5) is 5.69 Å². The number of hydrogen-bond acceptors (Lipinski definition) is 6. The molecule has 6 nitrogen and oxygen atoms in total. The summed E-state index contributed by atoms with van der Waals surface area (Å²) < 4.78 is 5.80. The van der Waals surface area contributed by atoms with Crippen molar-refractivity contribution in [2.45, 2.75) is 40.2 Å². The second-order valence-corrected chi connectivity index (χ2v) is 11.5. The Morgan fingerprint density at radius 1 is 1.11 bits per heavy atom. The van der Waals surface area contributed by atoms with Crippen LogP contribution in [0.2, 0.25) is 0 Å². The van der Waals surface area contributed by atoms with E-state index in [1.54, 1.807) is 23.5 Å². The maximum atomic E-state index is 13.7. The van der Waals surface area contributed by atoms with Crippen LogP contribution in [0.25, 0.3) is 22.6 Å². The molecular weight excluding hydrogens is 484 g/mol. The molecule has 0 N–H and O–H groups in total. The van der Waals surface area contributed by atoms with Crippen LogP contribution in [-0.2, 0) is 17.8 Å². The van der Waals surface area contributed by atoms with Crippen molar-refractivity contribution in [1.29, 1.82) is 0 Å². The molecule has 0 saturated heterocycles. The van der Waals surface area contributed by atoms with Crippen LogP contribution < -0.4 is 0 Å². The first-order chi connectivity index (χ1) is 17.7. The summed E-state index contributed by atoms with van der Waals surface area (Å²) in [5.74, 6) is -0.0753. The molecule has 188 valence electrons. The largest absolute Gasteiger partial charge is 0.457 e. The van der Waals surface area contributed by atoms with Crippen LogP contribution in [0.15, 0.2) is 66.0 Å². The van der Waals surface area contributed by atoms with Gasteiger partial charge in [0.2, 0.25) is 0 Å². The fourth-order valence-electron chi connectivity index (χ4n) is 4.85. The lowest BCUT2D eigenvalue weighted by Crippen LogP contribution is -2.28. The highest BCUT2D eigenvalue weighted by atomic mass is 32.1. The fraction of sp³-hybridized carbons (Fsp3) is 0.267. The summed E-state index contributed by atoms with van der Waals surface area (Å²) in [6.07, 6.45) is 3.83. The van der Waals surface area contributed by atoms with Gasteiger partial charge in [0.25, 0.3) is 5.69 Å². The number of ether oxygens (including phenoxy) is 1. The molecule has 2 aromatic carbocycles. The molecule has 0 radical (unpaired) electrons. The first-order valence-electron chi connectivity index (χ1n) is 12.3. The SMILES string of the molecule is CC(C)(C)C1C/C(=C\c2cccs2)c2nc3ccccc3c(C(=O)OCc3ccc([N+](=O)[O-])cc3)c2C1. The van der Waals surface area contributed by atoms with Gasteiger partial charge in [-0.3, -0.25) is 10.1 Å². The number of hydrogen-bond donors (Lipinski definition) is 0. The van der Waals surface area contributed by atoms with Gasteiger partial charge >= 0.3 is 5.97 Å². The lowest BCUT2D eigenvalue weighted by Gasteiger charge is -2.36. The van der Waals surface area contributed by atoms with Gasteiger partial charge < -0.3 is 4.74 Å². The van der Waals surface area contributed by atoms with Crippen molar-refractivity contribution in [1.82, 2.24) is 4.98 Å². The number of rotatable bonds is 5. The van der Waals surface area contributed by atoms with E-state index in [-0.39, 0.29) is 17.7 Å². The second kappa shape index (κ2) is 9.90.